The fourth-order valence-corrected chi connectivity index (χ4v) is 7.45. The van der Waals surface area contributed by atoms with Crippen LogP contribution in [0.4, 0.5) is 5.69 Å². The van der Waals surface area contributed by atoms with Crippen molar-refractivity contribution < 1.29 is 28.5 Å². The molecule has 5 heteroatoms. The molecule has 2 heterocycles. The zero-order valence-electron chi connectivity index (χ0n) is 20.9. The maximum atomic E-state index is 2.44. The number of para-hydroxylation sites is 2. The minimum Gasteiger partial charge on any atom is -1.00 e. The molecule has 0 fully saturated rings. The number of benzene rings is 2. The molecular formula is C30H33IN2S2. The molecule has 0 radical (unpaired) electrons. The van der Waals surface area contributed by atoms with Gasteiger partial charge in [0.15, 0.2) is 0 Å². The molecule has 1 aromatic heterocycles. The van der Waals surface area contributed by atoms with Gasteiger partial charge in [0.05, 0.1) is 10.7 Å². The van der Waals surface area contributed by atoms with Crippen LogP contribution in [0.25, 0.3) is 16.3 Å². The summed E-state index contributed by atoms with van der Waals surface area (Å²) in [6, 6.07) is 17.4. The van der Waals surface area contributed by atoms with E-state index in [2.05, 4.69) is 116 Å². The number of aryl methyl sites for hydroxylation is 1. The van der Waals surface area contributed by atoms with Crippen LogP contribution in [-0.2, 0) is 6.54 Å². The molecule has 0 saturated carbocycles. The van der Waals surface area contributed by atoms with Gasteiger partial charge >= 0.3 is 0 Å². The minimum absolute atomic E-state index is 0. The van der Waals surface area contributed by atoms with Crippen molar-refractivity contribution in [1.82, 2.24) is 0 Å². The van der Waals surface area contributed by atoms with E-state index in [-0.39, 0.29) is 29.4 Å². The first-order chi connectivity index (χ1) is 16.5. The van der Waals surface area contributed by atoms with Gasteiger partial charge in [-0.1, -0.05) is 79.4 Å². The number of allylic oxidation sites excluding steroid dienone is 6. The van der Waals surface area contributed by atoms with Crippen molar-refractivity contribution in [1.29, 1.82) is 0 Å². The lowest BCUT2D eigenvalue weighted by Gasteiger charge is -2.31. The van der Waals surface area contributed by atoms with E-state index >= 15 is 0 Å². The van der Waals surface area contributed by atoms with Crippen LogP contribution < -0.4 is 33.4 Å². The summed E-state index contributed by atoms with van der Waals surface area (Å²) in [5.74, 6) is 0. The molecule has 2 aromatic carbocycles. The zero-order chi connectivity index (χ0) is 23.7. The predicted molar refractivity (Wildman–Crippen MR) is 149 cm³/mol. The molecule has 3 aromatic rings. The molecule has 0 unspecified atom stereocenters. The molecule has 0 atom stereocenters. The van der Waals surface area contributed by atoms with Crippen molar-refractivity contribution in [3.8, 4) is 0 Å². The average molecular weight is 613 g/mol. The maximum Gasteiger partial charge on any atom is 0.262 e. The standard InChI is InChI=1S/C30H33N2S2.HI/c1-5-31-24-13-7-9-15-26(24)33-28(31)17-11-12-22-18-23(21-30(3,4)20-22)19-29-32(6-2)25-14-8-10-16-27(25)34-29;/h7-19H,5-6,20-21H2,1-4H3;1H/q+1;/p-1. The summed E-state index contributed by atoms with van der Waals surface area (Å²) in [7, 11) is 0. The van der Waals surface area contributed by atoms with Gasteiger partial charge in [0, 0.05) is 23.6 Å². The maximum absolute atomic E-state index is 2.44. The minimum atomic E-state index is 0. The van der Waals surface area contributed by atoms with Crippen LogP contribution in [0, 0.1) is 5.41 Å². The monoisotopic (exact) mass is 612 g/mol. The molecule has 0 N–H and O–H groups in total. The van der Waals surface area contributed by atoms with Crippen LogP contribution in [0.15, 0.2) is 93.9 Å². The van der Waals surface area contributed by atoms with Crippen LogP contribution in [-0.4, -0.2) is 6.54 Å². The summed E-state index contributed by atoms with van der Waals surface area (Å²) >= 11 is 3.76. The molecule has 2 aliphatic rings. The second kappa shape index (κ2) is 11.1. The van der Waals surface area contributed by atoms with Gasteiger partial charge in [-0.2, -0.15) is 4.57 Å². The number of thiazole rings is 1. The largest absolute Gasteiger partial charge is 1.00 e. The Morgan fingerprint density at radius 1 is 1.03 bits per heavy atom. The Balaban J connectivity index is 0.00000289. The normalized spacial score (nSPS) is 19.4. The fraction of sp³-hybridized carbons (Fsp3) is 0.300. The number of fused-ring (bicyclic) bond motifs is 2. The van der Waals surface area contributed by atoms with Crippen molar-refractivity contribution in [2.45, 2.75) is 52.0 Å². The lowest BCUT2D eigenvalue weighted by molar-refractivity contribution is -0.665. The summed E-state index contributed by atoms with van der Waals surface area (Å²) in [5, 5.41) is 2.65. The summed E-state index contributed by atoms with van der Waals surface area (Å²) in [4.78, 5) is 3.80. The number of hydrogen-bond acceptors (Lipinski definition) is 3. The van der Waals surface area contributed by atoms with Gasteiger partial charge in [-0.05, 0) is 67.5 Å². The lowest BCUT2D eigenvalue weighted by Crippen LogP contribution is -3.00. The van der Waals surface area contributed by atoms with Gasteiger partial charge in [0.1, 0.15) is 11.2 Å². The van der Waals surface area contributed by atoms with Crippen molar-refractivity contribution in [3.63, 3.8) is 0 Å². The Bertz CT molecular complexity index is 1340. The highest BCUT2D eigenvalue weighted by atomic mass is 127. The highest BCUT2D eigenvalue weighted by Crippen LogP contribution is 2.47. The topological polar surface area (TPSA) is 7.12 Å². The van der Waals surface area contributed by atoms with Gasteiger partial charge < -0.3 is 28.9 Å². The third-order valence-corrected chi connectivity index (χ3v) is 8.74. The average Bonchev–Trinajstić information content (AvgIpc) is 3.34. The Hall–Kier alpha value is -1.83. The Labute approximate surface area is 235 Å². The Morgan fingerprint density at radius 3 is 2.60 bits per heavy atom. The van der Waals surface area contributed by atoms with E-state index in [4.69, 9.17) is 0 Å². The van der Waals surface area contributed by atoms with Crippen molar-refractivity contribution in [2.24, 2.45) is 5.41 Å². The zero-order valence-corrected chi connectivity index (χ0v) is 24.7. The predicted octanol–water partition coefficient (Wildman–Crippen LogP) is 5.37. The van der Waals surface area contributed by atoms with E-state index < -0.39 is 0 Å². The van der Waals surface area contributed by atoms with E-state index in [9.17, 15) is 0 Å². The number of aromatic nitrogens is 1. The molecule has 1 aliphatic heterocycles. The van der Waals surface area contributed by atoms with Gasteiger partial charge in [-0.15, -0.1) is 0 Å². The number of halogens is 1. The molecular weight excluding hydrogens is 579 g/mol. The third kappa shape index (κ3) is 5.62. The smallest absolute Gasteiger partial charge is 0.262 e. The molecule has 35 heavy (non-hydrogen) atoms. The first-order valence-corrected chi connectivity index (χ1v) is 13.9. The van der Waals surface area contributed by atoms with Crippen LogP contribution in [0.3, 0.4) is 0 Å². The highest BCUT2D eigenvalue weighted by molar-refractivity contribution is 8.03. The van der Waals surface area contributed by atoms with Crippen molar-refractivity contribution in [3.05, 3.63) is 94.0 Å². The van der Waals surface area contributed by atoms with E-state index in [0.29, 0.717) is 0 Å². The number of thioether (sulfide) groups is 1. The summed E-state index contributed by atoms with van der Waals surface area (Å²) < 4.78 is 3.75. The molecule has 2 nitrogen and oxygen atoms in total. The lowest BCUT2D eigenvalue weighted by atomic mass is 9.75. The third-order valence-electron chi connectivity index (χ3n) is 6.50. The van der Waals surface area contributed by atoms with Gasteiger partial charge in [0.25, 0.3) is 5.01 Å². The highest BCUT2D eigenvalue weighted by Gasteiger charge is 2.28. The van der Waals surface area contributed by atoms with Gasteiger partial charge in [-0.25, -0.2) is 0 Å². The summed E-state index contributed by atoms with van der Waals surface area (Å²) in [6.45, 7) is 11.2. The Morgan fingerprint density at radius 2 is 1.80 bits per heavy atom. The fourth-order valence-electron chi connectivity index (χ4n) is 5.11. The number of nitrogens with zero attached hydrogens (tertiary/aromatic N) is 2. The first-order valence-electron chi connectivity index (χ1n) is 12.2. The first kappa shape index (κ1) is 26.2. The number of hydrogen-bond donors (Lipinski definition) is 0. The van der Waals surface area contributed by atoms with E-state index in [0.717, 1.165) is 25.9 Å². The molecule has 0 bridgehead atoms. The van der Waals surface area contributed by atoms with Crippen LogP contribution in [0.2, 0.25) is 0 Å². The molecule has 0 saturated heterocycles. The summed E-state index contributed by atoms with van der Waals surface area (Å²) in [6.07, 6.45) is 13.9. The number of anilines is 1. The molecule has 0 amide bonds. The van der Waals surface area contributed by atoms with E-state index in [1.165, 1.54) is 42.0 Å². The second-order valence-electron chi connectivity index (χ2n) is 9.79. The van der Waals surface area contributed by atoms with Crippen LogP contribution >= 0.6 is 23.1 Å². The van der Waals surface area contributed by atoms with Crippen molar-refractivity contribution >= 4 is 45.1 Å². The van der Waals surface area contributed by atoms with Crippen molar-refractivity contribution in [2.75, 3.05) is 11.4 Å². The quantitative estimate of drug-likeness (QED) is 0.283. The Kier molecular flexibility index (Phi) is 8.29. The van der Waals surface area contributed by atoms with Crippen LogP contribution in [0.5, 0.6) is 0 Å². The molecule has 0 spiro atoms. The van der Waals surface area contributed by atoms with Gasteiger partial charge in [0.2, 0.25) is 5.52 Å². The van der Waals surface area contributed by atoms with Crippen LogP contribution in [0.1, 0.15) is 45.5 Å². The molecule has 5 rings (SSSR count). The molecule has 1 aliphatic carbocycles. The van der Waals surface area contributed by atoms with E-state index in [1.807, 2.05) is 23.1 Å². The summed E-state index contributed by atoms with van der Waals surface area (Å²) in [5.41, 5.74) is 5.76. The van der Waals surface area contributed by atoms with Gasteiger partial charge in [-0.3, -0.25) is 0 Å². The second-order valence-corrected chi connectivity index (χ2v) is 11.9. The molecule has 182 valence electrons. The number of rotatable bonds is 5. The van der Waals surface area contributed by atoms with E-state index in [1.54, 1.807) is 0 Å². The SMILES string of the molecule is CCN1/C(=C\C2=CC(=C\C=C\c3sc4ccccc4[n+]3CC)/CC(C)(C)C2)Sc2ccccc21.[I-].